The van der Waals surface area contributed by atoms with Crippen LogP contribution in [-0.2, 0) is 14.6 Å². The van der Waals surface area contributed by atoms with Crippen LogP contribution < -0.4 is 0 Å². The summed E-state index contributed by atoms with van der Waals surface area (Å²) in [5, 5.41) is -0.894. The molecule has 0 N–H and O–H groups in total. The summed E-state index contributed by atoms with van der Waals surface area (Å²) in [6, 6.07) is 8.82. The highest BCUT2D eigenvalue weighted by molar-refractivity contribution is 7.93. The van der Waals surface area contributed by atoms with E-state index >= 15 is 0 Å². The lowest BCUT2D eigenvalue weighted by molar-refractivity contribution is -0.119. The number of ketones is 1. The third-order valence-electron chi connectivity index (χ3n) is 3.21. The minimum atomic E-state index is -3.59. The summed E-state index contributed by atoms with van der Waals surface area (Å²) in [7, 11) is -5.27. The number of rotatable bonds is 7. The summed E-state index contributed by atoms with van der Waals surface area (Å²) in [6.45, 7) is 10.2. The lowest BCUT2D eigenvalue weighted by Gasteiger charge is -2.24. The van der Waals surface area contributed by atoms with E-state index in [9.17, 15) is 13.2 Å². The van der Waals surface area contributed by atoms with Crippen molar-refractivity contribution in [2.75, 3.05) is 0 Å². The highest BCUT2D eigenvalue weighted by atomic mass is 32.2. The van der Waals surface area contributed by atoms with Crippen molar-refractivity contribution in [2.45, 2.75) is 56.1 Å². The van der Waals surface area contributed by atoms with E-state index in [-0.39, 0.29) is 16.6 Å². The Morgan fingerprint density at radius 1 is 1.10 bits per heavy atom. The van der Waals surface area contributed by atoms with E-state index in [0.717, 1.165) is 0 Å². The molecular formula is C16H26O3SSi. The molecule has 0 radical (unpaired) electrons. The largest absolute Gasteiger partial charge is 0.298 e. The summed E-state index contributed by atoms with van der Waals surface area (Å²) in [5.41, 5.74) is 0. The van der Waals surface area contributed by atoms with Crippen LogP contribution in [-0.4, -0.2) is 27.5 Å². The molecule has 0 aliphatic carbocycles. The normalized spacial score (nSPS) is 14.2. The molecule has 21 heavy (non-hydrogen) atoms. The lowest BCUT2D eigenvalue weighted by atomic mass is 10.1. The van der Waals surface area contributed by atoms with Crippen LogP contribution >= 0.6 is 0 Å². The van der Waals surface area contributed by atoms with Crippen LogP contribution in [0.25, 0.3) is 0 Å². The van der Waals surface area contributed by atoms with Crippen LogP contribution in [0, 0.1) is 5.92 Å². The number of hydrogen-bond acceptors (Lipinski definition) is 3. The third-order valence-corrected chi connectivity index (χ3v) is 7.25. The van der Waals surface area contributed by atoms with Crippen LogP contribution in [0.4, 0.5) is 0 Å². The van der Waals surface area contributed by atoms with Crippen molar-refractivity contribution < 1.29 is 13.2 Å². The maximum atomic E-state index is 12.8. The van der Waals surface area contributed by atoms with Crippen molar-refractivity contribution >= 4 is 23.7 Å². The maximum Gasteiger partial charge on any atom is 0.188 e. The van der Waals surface area contributed by atoms with Crippen LogP contribution in [0.15, 0.2) is 35.2 Å². The van der Waals surface area contributed by atoms with Gasteiger partial charge in [0.05, 0.1) is 4.90 Å². The second-order valence-corrected chi connectivity index (χ2v) is 14.8. The first kappa shape index (κ1) is 18.1. The first-order chi connectivity index (χ1) is 9.54. The van der Waals surface area contributed by atoms with Gasteiger partial charge in [-0.3, -0.25) is 4.79 Å². The minimum Gasteiger partial charge on any atom is -0.298 e. The molecule has 5 heteroatoms. The Kier molecular flexibility index (Phi) is 5.93. The number of carbonyl (C=O) groups excluding carboxylic acids is 1. The standard InChI is InChI=1S/C16H26O3SSi/c1-13(2)11-15(17)16(12-21(3,4)5)20(18,19)14-9-7-6-8-10-14/h6-10,13,16H,11-12H2,1-5H3. The molecule has 1 rings (SSSR count). The Bertz CT molecular complexity index is 571. The summed E-state index contributed by atoms with van der Waals surface area (Å²) in [6.07, 6.45) is 0.321. The molecule has 118 valence electrons. The topological polar surface area (TPSA) is 51.2 Å². The van der Waals surface area contributed by atoms with Crippen LogP contribution in [0.3, 0.4) is 0 Å². The zero-order chi connectivity index (χ0) is 16.3. The monoisotopic (exact) mass is 326 g/mol. The molecule has 0 aliphatic rings. The predicted molar refractivity (Wildman–Crippen MR) is 90.0 cm³/mol. The summed E-state index contributed by atoms with van der Waals surface area (Å²) >= 11 is 0. The minimum absolute atomic E-state index is 0.142. The Labute approximate surface area is 129 Å². The van der Waals surface area contributed by atoms with Gasteiger partial charge in [-0.25, -0.2) is 8.42 Å². The van der Waals surface area contributed by atoms with E-state index in [1.807, 2.05) is 13.8 Å². The lowest BCUT2D eigenvalue weighted by Crippen LogP contribution is -2.38. The van der Waals surface area contributed by atoms with Crippen molar-refractivity contribution in [3.05, 3.63) is 30.3 Å². The van der Waals surface area contributed by atoms with Gasteiger partial charge in [0.1, 0.15) is 5.25 Å². The average molecular weight is 327 g/mol. The van der Waals surface area contributed by atoms with E-state index in [1.54, 1.807) is 30.3 Å². The summed E-state index contributed by atoms with van der Waals surface area (Å²) in [4.78, 5) is 12.7. The number of sulfone groups is 1. The first-order valence-corrected chi connectivity index (χ1v) is 12.6. The van der Waals surface area contributed by atoms with Crippen molar-refractivity contribution in [1.82, 2.24) is 0 Å². The number of carbonyl (C=O) groups is 1. The number of benzene rings is 1. The third kappa shape index (κ3) is 5.40. The quantitative estimate of drug-likeness (QED) is 0.716. The highest BCUT2D eigenvalue weighted by Gasteiger charge is 2.37. The van der Waals surface area contributed by atoms with E-state index in [2.05, 4.69) is 19.6 Å². The van der Waals surface area contributed by atoms with Crippen molar-refractivity contribution in [3.8, 4) is 0 Å². The number of hydrogen-bond donors (Lipinski definition) is 0. The van der Waals surface area contributed by atoms with E-state index < -0.39 is 23.2 Å². The van der Waals surface area contributed by atoms with Gasteiger partial charge in [-0.1, -0.05) is 51.7 Å². The zero-order valence-corrected chi connectivity index (χ0v) is 15.4. The second-order valence-electron chi connectivity index (χ2n) is 7.18. The molecule has 0 bridgehead atoms. The van der Waals surface area contributed by atoms with Gasteiger partial charge in [-0.15, -0.1) is 0 Å². The predicted octanol–water partition coefficient (Wildman–Crippen LogP) is 3.78. The molecule has 1 aromatic carbocycles. The van der Waals surface area contributed by atoms with Gasteiger partial charge in [-0.05, 0) is 24.1 Å². The van der Waals surface area contributed by atoms with Gasteiger partial charge >= 0.3 is 0 Å². The highest BCUT2D eigenvalue weighted by Crippen LogP contribution is 2.26. The Balaban J connectivity index is 3.20. The molecule has 1 unspecified atom stereocenters. The van der Waals surface area contributed by atoms with Crippen LogP contribution in [0.1, 0.15) is 20.3 Å². The number of Topliss-reactive ketones (excluding diaryl/α,β-unsaturated/α-hetero) is 1. The SMILES string of the molecule is CC(C)CC(=O)C(C[Si](C)(C)C)S(=O)(=O)c1ccccc1. The molecule has 0 spiro atoms. The van der Waals surface area contributed by atoms with Gasteiger partial charge in [0.2, 0.25) is 0 Å². The van der Waals surface area contributed by atoms with Gasteiger partial charge < -0.3 is 0 Å². The Morgan fingerprint density at radius 2 is 1.62 bits per heavy atom. The van der Waals surface area contributed by atoms with Crippen LogP contribution in [0.5, 0.6) is 0 Å². The van der Waals surface area contributed by atoms with Gasteiger partial charge in [0.15, 0.2) is 15.6 Å². The molecule has 3 nitrogen and oxygen atoms in total. The molecule has 0 aromatic heterocycles. The molecular weight excluding hydrogens is 300 g/mol. The molecule has 1 aromatic rings. The van der Waals surface area contributed by atoms with Gasteiger partial charge in [0.25, 0.3) is 0 Å². The van der Waals surface area contributed by atoms with E-state index in [0.29, 0.717) is 12.5 Å². The van der Waals surface area contributed by atoms with E-state index in [1.165, 1.54) is 0 Å². The summed E-state index contributed by atoms with van der Waals surface area (Å²) < 4.78 is 25.7. The molecule has 0 heterocycles. The van der Waals surface area contributed by atoms with Crippen molar-refractivity contribution in [1.29, 1.82) is 0 Å². The molecule has 0 saturated carbocycles. The first-order valence-electron chi connectivity index (χ1n) is 7.35. The average Bonchev–Trinajstić information content (AvgIpc) is 2.35. The molecule has 0 fully saturated rings. The fourth-order valence-corrected chi connectivity index (χ4v) is 7.29. The smallest absolute Gasteiger partial charge is 0.188 e. The van der Waals surface area contributed by atoms with Crippen molar-refractivity contribution in [2.24, 2.45) is 5.92 Å². The molecule has 0 aliphatic heterocycles. The van der Waals surface area contributed by atoms with Gasteiger partial charge in [0, 0.05) is 14.5 Å². The van der Waals surface area contributed by atoms with E-state index in [4.69, 9.17) is 0 Å². The maximum absolute atomic E-state index is 12.8. The fraction of sp³-hybridized carbons (Fsp3) is 0.562. The molecule has 0 amide bonds. The molecule has 1 atom stereocenters. The molecule has 0 saturated heterocycles. The van der Waals surface area contributed by atoms with Crippen molar-refractivity contribution in [3.63, 3.8) is 0 Å². The van der Waals surface area contributed by atoms with Crippen LogP contribution in [0.2, 0.25) is 25.7 Å². The summed E-state index contributed by atoms with van der Waals surface area (Å²) in [5.74, 6) is 0.0314. The Hall–Kier alpha value is -0.943. The zero-order valence-electron chi connectivity index (χ0n) is 13.6. The fourth-order valence-electron chi connectivity index (χ4n) is 2.26. The Morgan fingerprint density at radius 3 is 2.05 bits per heavy atom. The van der Waals surface area contributed by atoms with Gasteiger partial charge in [-0.2, -0.15) is 0 Å². The second kappa shape index (κ2) is 6.88.